The fourth-order valence-electron chi connectivity index (χ4n) is 2.18. The highest BCUT2D eigenvalue weighted by atomic mass is 16.5. The predicted molar refractivity (Wildman–Crippen MR) is 84.8 cm³/mol. The first-order valence-electron chi connectivity index (χ1n) is 7.24. The molecule has 0 radical (unpaired) electrons. The van der Waals surface area contributed by atoms with E-state index in [1.165, 1.54) is 0 Å². The summed E-state index contributed by atoms with van der Waals surface area (Å²) in [5.41, 5.74) is 3.29. The van der Waals surface area contributed by atoms with Crippen LogP contribution in [0.5, 0.6) is 11.5 Å². The van der Waals surface area contributed by atoms with Gasteiger partial charge in [0.1, 0.15) is 11.5 Å². The zero-order valence-corrected chi connectivity index (χ0v) is 12.8. The molecule has 4 nitrogen and oxygen atoms in total. The molecule has 1 aromatic heterocycles. The van der Waals surface area contributed by atoms with E-state index >= 15 is 0 Å². The fourth-order valence-corrected chi connectivity index (χ4v) is 2.18. The van der Waals surface area contributed by atoms with Gasteiger partial charge in [0.25, 0.3) is 0 Å². The molecule has 1 heterocycles. The highest BCUT2D eigenvalue weighted by Gasteiger charge is 2.07. The van der Waals surface area contributed by atoms with Crippen molar-refractivity contribution in [3.63, 3.8) is 0 Å². The molecule has 21 heavy (non-hydrogen) atoms. The average Bonchev–Trinajstić information content (AvgIpc) is 2.53. The second kappa shape index (κ2) is 7.64. The topological polar surface area (TPSA) is 43.4 Å². The summed E-state index contributed by atoms with van der Waals surface area (Å²) in [4.78, 5) is 4.24. The monoisotopic (exact) mass is 286 g/mol. The van der Waals surface area contributed by atoms with Gasteiger partial charge in [0.2, 0.25) is 0 Å². The van der Waals surface area contributed by atoms with Gasteiger partial charge in [0.05, 0.1) is 19.9 Å². The fraction of sp³-hybridized carbons (Fsp3) is 0.353. The Labute approximate surface area is 126 Å². The van der Waals surface area contributed by atoms with Crippen molar-refractivity contribution in [2.24, 2.45) is 0 Å². The molecule has 0 saturated heterocycles. The van der Waals surface area contributed by atoms with E-state index < -0.39 is 0 Å². The molecule has 0 saturated carbocycles. The SMILES string of the molecule is CCNCc1cc(-c2cncc(OCC)c2)ccc1OC. The van der Waals surface area contributed by atoms with Crippen LogP contribution in [-0.2, 0) is 6.54 Å². The van der Waals surface area contributed by atoms with Gasteiger partial charge < -0.3 is 14.8 Å². The normalized spacial score (nSPS) is 10.4. The third kappa shape index (κ3) is 3.95. The van der Waals surface area contributed by atoms with Gasteiger partial charge in [0, 0.05) is 23.9 Å². The lowest BCUT2D eigenvalue weighted by molar-refractivity contribution is 0.339. The average molecular weight is 286 g/mol. The molecule has 0 fully saturated rings. The summed E-state index contributed by atoms with van der Waals surface area (Å²) in [7, 11) is 1.70. The Morgan fingerprint density at radius 2 is 1.95 bits per heavy atom. The largest absolute Gasteiger partial charge is 0.496 e. The van der Waals surface area contributed by atoms with Crippen LogP contribution >= 0.6 is 0 Å². The summed E-state index contributed by atoms with van der Waals surface area (Å²) in [6.45, 7) is 6.40. The van der Waals surface area contributed by atoms with Gasteiger partial charge in [-0.05, 0) is 37.2 Å². The van der Waals surface area contributed by atoms with Crippen LogP contribution in [-0.4, -0.2) is 25.2 Å². The zero-order valence-electron chi connectivity index (χ0n) is 12.8. The molecule has 0 aliphatic carbocycles. The van der Waals surface area contributed by atoms with Crippen LogP contribution in [0.1, 0.15) is 19.4 Å². The van der Waals surface area contributed by atoms with Gasteiger partial charge in [-0.25, -0.2) is 0 Å². The number of hydrogen-bond donors (Lipinski definition) is 1. The number of nitrogens with zero attached hydrogens (tertiary/aromatic N) is 1. The van der Waals surface area contributed by atoms with Gasteiger partial charge in [0.15, 0.2) is 0 Å². The second-order valence-electron chi connectivity index (χ2n) is 4.65. The van der Waals surface area contributed by atoms with Gasteiger partial charge in [-0.3, -0.25) is 4.98 Å². The number of ether oxygens (including phenoxy) is 2. The molecule has 1 aromatic carbocycles. The van der Waals surface area contributed by atoms with Crippen molar-refractivity contribution in [1.29, 1.82) is 0 Å². The summed E-state index contributed by atoms with van der Waals surface area (Å²) in [5.74, 6) is 1.69. The van der Waals surface area contributed by atoms with E-state index in [0.29, 0.717) is 6.61 Å². The molecular weight excluding hydrogens is 264 g/mol. The molecular formula is C17H22N2O2. The number of aromatic nitrogens is 1. The minimum Gasteiger partial charge on any atom is -0.496 e. The van der Waals surface area contributed by atoms with E-state index in [4.69, 9.17) is 9.47 Å². The second-order valence-corrected chi connectivity index (χ2v) is 4.65. The molecule has 0 spiro atoms. The number of hydrogen-bond acceptors (Lipinski definition) is 4. The molecule has 0 aliphatic rings. The van der Waals surface area contributed by atoms with Crippen molar-refractivity contribution in [3.05, 3.63) is 42.2 Å². The lowest BCUT2D eigenvalue weighted by atomic mass is 10.0. The lowest BCUT2D eigenvalue weighted by Crippen LogP contribution is -2.12. The minimum absolute atomic E-state index is 0.638. The van der Waals surface area contributed by atoms with Gasteiger partial charge >= 0.3 is 0 Å². The molecule has 2 aromatic rings. The third-order valence-corrected chi connectivity index (χ3v) is 3.20. The van der Waals surface area contributed by atoms with Crippen LogP contribution in [0.2, 0.25) is 0 Å². The summed E-state index contributed by atoms with van der Waals surface area (Å²) < 4.78 is 10.9. The van der Waals surface area contributed by atoms with Gasteiger partial charge in [-0.2, -0.15) is 0 Å². The van der Waals surface area contributed by atoms with E-state index in [9.17, 15) is 0 Å². The van der Waals surface area contributed by atoms with Gasteiger partial charge in [-0.1, -0.05) is 13.0 Å². The molecule has 112 valence electrons. The maximum absolute atomic E-state index is 5.51. The minimum atomic E-state index is 0.638. The van der Waals surface area contributed by atoms with Crippen molar-refractivity contribution in [2.45, 2.75) is 20.4 Å². The first-order valence-corrected chi connectivity index (χ1v) is 7.24. The van der Waals surface area contributed by atoms with Crippen LogP contribution in [0.4, 0.5) is 0 Å². The highest BCUT2D eigenvalue weighted by molar-refractivity contribution is 5.66. The molecule has 0 unspecified atom stereocenters. The Morgan fingerprint density at radius 3 is 2.67 bits per heavy atom. The van der Waals surface area contributed by atoms with E-state index in [-0.39, 0.29) is 0 Å². The molecule has 0 atom stereocenters. The molecule has 0 bridgehead atoms. The van der Waals surface area contributed by atoms with Crippen molar-refractivity contribution < 1.29 is 9.47 Å². The molecule has 0 amide bonds. The Bertz CT molecular complexity index is 585. The Balaban J connectivity index is 2.32. The smallest absolute Gasteiger partial charge is 0.138 e. The van der Waals surface area contributed by atoms with Crippen LogP contribution < -0.4 is 14.8 Å². The number of pyridine rings is 1. The molecule has 1 N–H and O–H groups in total. The number of rotatable bonds is 7. The Morgan fingerprint density at radius 1 is 1.10 bits per heavy atom. The van der Waals surface area contributed by atoms with Crippen LogP contribution in [0.15, 0.2) is 36.7 Å². The standard InChI is InChI=1S/C17H22N2O2/c1-4-18-11-15-8-13(6-7-17(15)20-3)14-9-16(21-5-2)12-19-10-14/h6-10,12,18H,4-5,11H2,1-3H3. The number of methoxy groups -OCH3 is 1. The van der Waals surface area contributed by atoms with Crippen molar-refractivity contribution in [1.82, 2.24) is 10.3 Å². The van der Waals surface area contributed by atoms with E-state index in [1.54, 1.807) is 13.3 Å². The van der Waals surface area contributed by atoms with Crippen LogP contribution in [0, 0.1) is 0 Å². The molecule has 0 aliphatic heterocycles. The summed E-state index contributed by atoms with van der Waals surface area (Å²) in [5, 5.41) is 3.33. The zero-order chi connectivity index (χ0) is 15.1. The highest BCUT2D eigenvalue weighted by Crippen LogP contribution is 2.28. The molecule has 4 heteroatoms. The van der Waals surface area contributed by atoms with E-state index in [0.717, 1.165) is 41.3 Å². The van der Waals surface area contributed by atoms with Crippen LogP contribution in [0.3, 0.4) is 0 Å². The predicted octanol–water partition coefficient (Wildman–Crippen LogP) is 3.27. The maximum Gasteiger partial charge on any atom is 0.138 e. The third-order valence-electron chi connectivity index (χ3n) is 3.20. The maximum atomic E-state index is 5.51. The van der Waals surface area contributed by atoms with Crippen molar-refractivity contribution >= 4 is 0 Å². The number of benzene rings is 1. The first kappa shape index (κ1) is 15.3. The summed E-state index contributed by atoms with van der Waals surface area (Å²) in [6.07, 6.45) is 3.58. The van der Waals surface area contributed by atoms with E-state index in [2.05, 4.69) is 23.3 Å². The lowest BCUT2D eigenvalue weighted by Gasteiger charge is -2.12. The van der Waals surface area contributed by atoms with Crippen molar-refractivity contribution in [2.75, 3.05) is 20.3 Å². The van der Waals surface area contributed by atoms with Gasteiger partial charge in [-0.15, -0.1) is 0 Å². The van der Waals surface area contributed by atoms with Crippen molar-refractivity contribution in [3.8, 4) is 22.6 Å². The van der Waals surface area contributed by atoms with Crippen LogP contribution in [0.25, 0.3) is 11.1 Å². The Hall–Kier alpha value is -2.07. The first-order chi connectivity index (χ1) is 10.3. The van der Waals surface area contributed by atoms with E-state index in [1.807, 2.05) is 31.3 Å². The quantitative estimate of drug-likeness (QED) is 0.848. The Kier molecular flexibility index (Phi) is 5.58. The number of nitrogens with one attached hydrogen (secondary N) is 1. The molecule has 2 rings (SSSR count). The summed E-state index contributed by atoms with van der Waals surface area (Å²) >= 11 is 0. The summed E-state index contributed by atoms with van der Waals surface area (Å²) in [6, 6.07) is 8.18.